The molecule has 15 heavy (non-hydrogen) atoms. The highest BCUT2D eigenvalue weighted by Crippen LogP contribution is 2.19. The van der Waals surface area contributed by atoms with E-state index in [1.165, 1.54) is 17.7 Å². The molecule has 1 N–H and O–H groups in total. The van der Waals surface area contributed by atoms with Gasteiger partial charge in [-0.05, 0) is 25.3 Å². The topological polar surface area (TPSA) is 49.4 Å². The van der Waals surface area contributed by atoms with E-state index >= 15 is 0 Å². The zero-order valence-electron chi connectivity index (χ0n) is 9.16. The molecule has 0 spiro atoms. The van der Waals surface area contributed by atoms with E-state index < -0.39 is 0 Å². The average Bonchev–Trinajstić information content (AvgIpc) is 2.53. The molecule has 2 saturated heterocycles. The molecule has 2 aliphatic rings. The summed E-state index contributed by atoms with van der Waals surface area (Å²) in [4.78, 5) is 24.3. The number of nitrogens with one attached hydrogen (secondary N) is 1. The molecule has 4 heteroatoms. The van der Waals surface area contributed by atoms with Crippen molar-refractivity contribution >= 4 is 11.8 Å². The van der Waals surface area contributed by atoms with Gasteiger partial charge in [0, 0.05) is 25.4 Å². The van der Waals surface area contributed by atoms with Crippen LogP contribution in [0.4, 0.5) is 0 Å². The Balaban J connectivity index is 1.95. The van der Waals surface area contributed by atoms with Crippen molar-refractivity contribution in [3.05, 3.63) is 0 Å². The van der Waals surface area contributed by atoms with Crippen molar-refractivity contribution < 1.29 is 9.59 Å². The van der Waals surface area contributed by atoms with E-state index in [4.69, 9.17) is 0 Å². The summed E-state index contributed by atoms with van der Waals surface area (Å²) in [6.07, 6.45) is 3.19. The van der Waals surface area contributed by atoms with E-state index in [9.17, 15) is 9.59 Å². The van der Waals surface area contributed by atoms with Gasteiger partial charge in [-0.3, -0.25) is 14.5 Å². The molecule has 0 bridgehead atoms. The van der Waals surface area contributed by atoms with Crippen LogP contribution in [0.2, 0.25) is 0 Å². The molecule has 2 heterocycles. The number of imide groups is 1. The van der Waals surface area contributed by atoms with E-state index in [-0.39, 0.29) is 11.8 Å². The number of rotatable bonds is 2. The van der Waals surface area contributed by atoms with E-state index in [1.54, 1.807) is 0 Å². The zero-order chi connectivity index (χ0) is 10.8. The van der Waals surface area contributed by atoms with Crippen LogP contribution in [-0.4, -0.2) is 35.8 Å². The minimum atomic E-state index is -0.000395. The van der Waals surface area contributed by atoms with Crippen LogP contribution in [0.25, 0.3) is 0 Å². The lowest BCUT2D eigenvalue weighted by molar-refractivity contribution is -0.139. The number of amides is 2. The summed E-state index contributed by atoms with van der Waals surface area (Å²) in [5.74, 6) is 0.555. The van der Waals surface area contributed by atoms with E-state index in [0.717, 1.165) is 6.54 Å². The molecule has 2 aliphatic heterocycles. The first-order valence-electron chi connectivity index (χ1n) is 5.75. The van der Waals surface area contributed by atoms with Crippen molar-refractivity contribution in [2.45, 2.75) is 38.6 Å². The summed E-state index contributed by atoms with van der Waals surface area (Å²) in [5, 5.41) is 3.39. The third-order valence-corrected chi connectivity index (χ3v) is 3.46. The van der Waals surface area contributed by atoms with Gasteiger partial charge in [0.2, 0.25) is 11.8 Å². The normalized spacial score (nSPS) is 32.5. The Bertz CT molecular complexity index is 262. The number of likely N-dealkylation sites (tertiary alicyclic amines) is 1. The molecular weight excluding hydrogens is 192 g/mol. The Morgan fingerprint density at radius 2 is 2.00 bits per heavy atom. The number of carbonyl (C=O) groups excluding carboxylic acids is 2. The van der Waals surface area contributed by atoms with Crippen LogP contribution >= 0.6 is 0 Å². The summed E-state index contributed by atoms with van der Waals surface area (Å²) in [6.45, 7) is 3.76. The van der Waals surface area contributed by atoms with Crippen LogP contribution in [0.3, 0.4) is 0 Å². The molecule has 0 aromatic heterocycles. The zero-order valence-corrected chi connectivity index (χ0v) is 9.16. The van der Waals surface area contributed by atoms with Crippen LogP contribution in [0.15, 0.2) is 0 Å². The van der Waals surface area contributed by atoms with Crippen molar-refractivity contribution in [1.82, 2.24) is 10.2 Å². The first-order chi connectivity index (χ1) is 7.18. The van der Waals surface area contributed by atoms with E-state index in [2.05, 4.69) is 12.2 Å². The van der Waals surface area contributed by atoms with Crippen LogP contribution in [0.5, 0.6) is 0 Å². The predicted octanol–water partition coefficient (Wildman–Crippen LogP) is 0.523. The van der Waals surface area contributed by atoms with Gasteiger partial charge in [-0.25, -0.2) is 0 Å². The predicted molar refractivity (Wildman–Crippen MR) is 56.1 cm³/mol. The van der Waals surface area contributed by atoms with Gasteiger partial charge >= 0.3 is 0 Å². The molecule has 0 aromatic carbocycles. The van der Waals surface area contributed by atoms with Gasteiger partial charge < -0.3 is 5.32 Å². The fourth-order valence-corrected chi connectivity index (χ4v) is 2.38. The van der Waals surface area contributed by atoms with Crippen LogP contribution in [0.1, 0.15) is 32.6 Å². The molecule has 4 nitrogen and oxygen atoms in total. The van der Waals surface area contributed by atoms with Crippen LogP contribution in [-0.2, 0) is 9.59 Å². The maximum absolute atomic E-state index is 11.4. The van der Waals surface area contributed by atoms with Crippen molar-refractivity contribution in [3.8, 4) is 0 Å². The molecule has 2 amide bonds. The maximum Gasteiger partial charge on any atom is 0.229 e. The highest BCUT2D eigenvalue weighted by molar-refractivity contribution is 6.01. The lowest BCUT2D eigenvalue weighted by Gasteiger charge is -2.32. The molecule has 2 fully saturated rings. The number of nitrogens with zero attached hydrogens (tertiary/aromatic N) is 1. The maximum atomic E-state index is 11.4. The van der Waals surface area contributed by atoms with Crippen LogP contribution in [0, 0.1) is 5.92 Å². The fraction of sp³-hybridized carbons (Fsp3) is 0.818. The summed E-state index contributed by atoms with van der Waals surface area (Å²) in [7, 11) is 0. The third kappa shape index (κ3) is 2.20. The highest BCUT2D eigenvalue weighted by atomic mass is 16.2. The average molecular weight is 210 g/mol. The number of hydrogen-bond donors (Lipinski definition) is 1. The van der Waals surface area contributed by atoms with Gasteiger partial charge in [0.25, 0.3) is 0 Å². The SMILES string of the molecule is CC1CCCNC1CN1C(=O)CCC1=O. The summed E-state index contributed by atoms with van der Waals surface area (Å²) >= 11 is 0. The largest absolute Gasteiger partial charge is 0.312 e. The molecule has 0 aliphatic carbocycles. The Hall–Kier alpha value is -0.900. The molecule has 0 radical (unpaired) electrons. The van der Waals surface area contributed by atoms with Gasteiger partial charge in [0.1, 0.15) is 0 Å². The molecule has 0 aromatic rings. The second kappa shape index (κ2) is 4.31. The van der Waals surface area contributed by atoms with E-state index in [0.29, 0.717) is 31.3 Å². The third-order valence-electron chi connectivity index (χ3n) is 3.46. The summed E-state index contributed by atoms with van der Waals surface area (Å²) < 4.78 is 0. The Labute approximate surface area is 90.0 Å². The lowest BCUT2D eigenvalue weighted by atomic mass is 9.92. The molecule has 2 unspecified atom stereocenters. The van der Waals surface area contributed by atoms with Crippen molar-refractivity contribution in [3.63, 3.8) is 0 Å². The first-order valence-corrected chi connectivity index (χ1v) is 5.75. The Kier molecular flexibility index (Phi) is 3.05. The molecular formula is C11H18N2O2. The fourth-order valence-electron chi connectivity index (χ4n) is 2.38. The molecule has 2 atom stereocenters. The number of hydrogen-bond acceptors (Lipinski definition) is 3. The quantitative estimate of drug-likeness (QED) is 0.676. The summed E-state index contributed by atoms with van der Waals surface area (Å²) in [5.41, 5.74) is 0. The number of carbonyl (C=O) groups is 2. The van der Waals surface area contributed by atoms with Crippen molar-refractivity contribution in [2.24, 2.45) is 5.92 Å². The monoisotopic (exact) mass is 210 g/mol. The second-order valence-corrected chi connectivity index (χ2v) is 4.58. The van der Waals surface area contributed by atoms with Crippen LogP contribution < -0.4 is 5.32 Å². The van der Waals surface area contributed by atoms with Crippen molar-refractivity contribution in [2.75, 3.05) is 13.1 Å². The van der Waals surface area contributed by atoms with Gasteiger partial charge in [-0.15, -0.1) is 0 Å². The highest BCUT2D eigenvalue weighted by Gasteiger charge is 2.32. The lowest BCUT2D eigenvalue weighted by Crippen LogP contribution is -2.49. The van der Waals surface area contributed by atoms with Crippen molar-refractivity contribution in [1.29, 1.82) is 0 Å². The molecule has 0 saturated carbocycles. The minimum Gasteiger partial charge on any atom is -0.312 e. The van der Waals surface area contributed by atoms with Gasteiger partial charge in [0.15, 0.2) is 0 Å². The molecule has 2 rings (SSSR count). The minimum absolute atomic E-state index is 0.000395. The molecule has 84 valence electrons. The summed E-state index contributed by atoms with van der Waals surface area (Å²) in [6, 6.07) is 0.296. The van der Waals surface area contributed by atoms with E-state index in [1.807, 2.05) is 0 Å². The van der Waals surface area contributed by atoms with Gasteiger partial charge in [-0.2, -0.15) is 0 Å². The Morgan fingerprint density at radius 3 is 2.60 bits per heavy atom. The second-order valence-electron chi connectivity index (χ2n) is 4.58. The Morgan fingerprint density at radius 1 is 1.33 bits per heavy atom. The standard InChI is InChI=1S/C11H18N2O2/c1-8-3-2-6-12-9(8)7-13-10(14)4-5-11(13)15/h8-9,12H,2-7H2,1H3. The first kappa shape index (κ1) is 10.6. The number of piperidine rings is 1. The smallest absolute Gasteiger partial charge is 0.229 e. The van der Waals surface area contributed by atoms with Gasteiger partial charge in [-0.1, -0.05) is 6.92 Å². The van der Waals surface area contributed by atoms with Gasteiger partial charge in [0.05, 0.1) is 0 Å².